The van der Waals surface area contributed by atoms with Crippen molar-refractivity contribution < 1.29 is 19.6 Å². The smallest absolute Gasteiger partial charge is 0.311 e. The van der Waals surface area contributed by atoms with Gasteiger partial charge in [-0.05, 0) is 12.1 Å². The molecule has 22 heavy (non-hydrogen) atoms. The van der Waals surface area contributed by atoms with E-state index in [-0.39, 0.29) is 18.2 Å². The molecule has 0 unspecified atom stereocenters. The lowest BCUT2D eigenvalue weighted by molar-refractivity contribution is -0.385. The number of carbonyl (C=O) groups excluding carboxylic acids is 1. The average molecular weight is 300 g/mol. The molecule has 1 atom stereocenters. The van der Waals surface area contributed by atoms with Crippen LogP contribution in [0.3, 0.4) is 0 Å². The van der Waals surface area contributed by atoms with E-state index >= 15 is 0 Å². The minimum atomic E-state index is -0.736. The SMILES string of the molecule is O=C(N[C@@H]1COc2ccccc21)c1cccc([N+](=O)[O-])c1O. The van der Waals surface area contributed by atoms with Crippen molar-refractivity contribution in [3.05, 3.63) is 63.7 Å². The Labute approximate surface area is 125 Å². The molecule has 2 N–H and O–H groups in total. The van der Waals surface area contributed by atoms with Gasteiger partial charge in [0, 0.05) is 11.6 Å². The lowest BCUT2D eigenvalue weighted by atomic mass is 10.1. The fourth-order valence-electron chi connectivity index (χ4n) is 2.38. The monoisotopic (exact) mass is 300 g/mol. The summed E-state index contributed by atoms with van der Waals surface area (Å²) in [5.74, 6) is -0.542. The first-order valence-electron chi connectivity index (χ1n) is 6.57. The summed E-state index contributed by atoms with van der Waals surface area (Å²) >= 11 is 0. The maximum absolute atomic E-state index is 12.3. The molecule has 3 rings (SSSR count). The fraction of sp³-hybridized carbons (Fsp3) is 0.133. The van der Waals surface area contributed by atoms with E-state index in [9.17, 15) is 20.0 Å². The van der Waals surface area contributed by atoms with Crippen molar-refractivity contribution in [2.24, 2.45) is 0 Å². The summed E-state index contributed by atoms with van der Waals surface area (Å²) in [6, 6.07) is 10.8. The molecule has 0 saturated heterocycles. The van der Waals surface area contributed by atoms with Crippen molar-refractivity contribution in [3.8, 4) is 11.5 Å². The molecule has 7 nitrogen and oxygen atoms in total. The Kier molecular flexibility index (Phi) is 3.38. The number of carbonyl (C=O) groups is 1. The molecular formula is C15H12N2O5. The Bertz CT molecular complexity index is 759. The molecule has 112 valence electrons. The van der Waals surface area contributed by atoms with E-state index < -0.39 is 22.3 Å². The van der Waals surface area contributed by atoms with Gasteiger partial charge < -0.3 is 15.2 Å². The standard InChI is InChI=1S/C15H12N2O5/c18-14-10(5-3-6-12(14)17(20)21)15(19)16-11-8-22-13-7-2-1-4-9(11)13/h1-7,11,18H,8H2,(H,16,19)/t11-/m1/s1. The van der Waals surface area contributed by atoms with E-state index in [4.69, 9.17) is 4.74 Å². The highest BCUT2D eigenvalue weighted by Crippen LogP contribution is 2.33. The predicted molar refractivity (Wildman–Crippen MR) is 76.9 cm³/mol. The molecule has 0 bridgehead atoms. The van der Waals surface area contributed by atoms with Gasteiger partial charge in [0.2, 0.25) is 5.75 Å². The molecule has 2 aromatic rings. The molecule has 1 aliphatic heterocycles. The average Bonchev–Trinajstić information content (AvgIpc) is 2.90. The van der Waals surface area contributed by atoms with Crippen LogP contribution >= 0.6 is 0 Å². The van der Waals surface area contributed by atoms with Gasteiger partial charge in [-0.2, -0.15) is 0 Å². The van der Waals surface area contributed by atoms with Gasteiger partial charge in [-0.3, -0.25) is 14.9 Å². The summed E-state index contributed by atoms with van der Waals surface area (Å²) in [5, 5.41) is 23.4. The number of ether oxygens (including phenoxy) is 1. The van der Waals surface area contributed by atoms with Crippen LogP contribution in [0.5, 0.6) is 11.5 Å². The van der Waals surface area contributed by atoms with E-state index in [2.05, 4.69) is 5.32 Å². The van der Waals surface area contributed by atoms with E-state index in [1.54, 1.807) is 6.07 Å². The van der Waals surface area contributed by atoms with Gasteiger partial charge in [0.05, 0.1) is 16.5 Å². The summed E-state index contributed by atoms with van der Waals surface area (Å²) < 4.78 is 5.45. The van der Waals surface area contributed by atoms with Gasteiger partial charge in [-0.1, -0.05) is 24.3 Å². The summed E-state index contributed by atoms with van der Waals surface area (Å²) in [7, 11) is 0. The predicted octanol–water partition coefficient (Wildman–Crippen LogP) is 2.16. The van der Waals surface area contributed by atoms with Crippen molar-refractivity contribution >= 4 is 11.6 Å². The Balaban J connectivity index is 1.85. The van der Waals surface area contributed by atoms with Crippen molar-refractivity contribution in [3.63, 3.8) is 0 Å². The van der Waals surface area contributed by atoms with Crippen molar-refractivity contribution in [1.82, 2.24) is 5.32 Å². The van der Waals surface area contributed by atoms with Crippen LogP contribution in [-0.2, 0) is 0 Å². The molecule has 0 aromatic heterocycles. The highest BCUT2D eigenvalue weighted by Gasteiger charge is 2.27. The minimum absolute atomic E-state index is 0.140. The first-order valence-corrected chi connectivity index (χ1v) is 6.57. The molecule has 0 spiro atoms. The molecular weight excluding hydrogens is 288 g/mol. The highest BCUT2D eigenvalue weighted by molar-refractivity contribution is 5.98. The molecule has 0 fully saturated rings. The number of fused-ring (bicyclic) bond motifs is 1. The minimum Gasteiger partial charge on any atom is -0.502 e. The Morgan fingerprint density at radius 3 is 2.82 bits per heavy atom. The summed E-state index contributed by atoms with van der Waals surface area (Å²) in [6.45, 7) is 0.279. The quantitative estimate of drug-likeness (QED) is 0.668. The number of nitro groups is 1. The molecule has 0 saturated carbocycles. The van der Waals surface area contributed by atoms with Gasteiger partial charge in [0.25, 0.3) is 5.91 Å². The number of benzene rings is 2. The van der Waals surface area contributed by atoms with Crippen LogP contribution in [0.25, 0.3) is 0 Å². The van der Waals surface area contributed by atoms with E-state index in [0.717, 1.165) is 11.6 Å². The van der Waals surface area contributed by atoms with Gasteiger partial charge in [0.1, 0.15) is 12.4 Å². The number of amides is 1. The van der Waals surface area contributed by atoms with Crippen LogP contribution in [0.15, 0.2) is 42.5 Å². The number of para-hydroxylation sites is 2. The second kappa shape index (κ2) is 5.36. The van der Waals surface area contributed by atoms with Gasteiger partial charge in [-0.15, -0.1) is 0 Å². The molecule has 2 aromatic carbocycles. The number of phenolic OH excluding ortho intramolecular Hbond substituents is 1. The van der Waals surface area contributed by atoms with E-state index in [1.807, 2.05) is 18.2 Å². The van der Waals surface area contributed by atoms with Crippen LogP contribution < -0.4 is 10.1 Å². The van der Waals surface area contributed by atoms with Gasteiger partial charge in [-0.25, -0.2) is 0 Å². The first-order chi connectivity index (χ1) is 10.6. The number of nitrogens with zero attached hydrogens (tertiary/aromatic N) is 1. The molecule has 0 aliphatic carbocycles. The van der Waals surface area contributed by atoms with Crippen LogP contribution in [-0.4, -0.2) is 22.5 Å². The third kappa shape index (κ3) is 2.32. The third-order valence-electron chi connectivity index (χ3n) is 3.46. The zero-order chi connectivity index (χ0) is 15.7. The second-order valence-corrected chi connectivity index (χ2v) is 4.81. The van der Waals surface area contributed by atoms with Crippen molar-refractivity contribution in [2.45, 2.75) is 6.04 Å². The van der Waals surface area contributed by atoms with Crippen LogP contribution in [0.1, 0.15) is 22.0 Å². The summed E-state index contributed by atoms with van der Waals surface area (Å²) in [4.78, 5) is 22.3. The van der Waals surface area contributed by atoms with Gasteiger partial charge in [0.15, 0.2) is 0 Å². The number of rotatable bonds is 3. The number of hydrogen-bond donors (Lipinski definition) is 2. The zero-order valence-corrected chi connectivity index (χ0v) is 11.4. The third-order valence-corrected chi connectivity index (χ3v) is 3.46. The molecule has 1 heterocycles. The number of phenols is 1. The van der Waals surface area contributed by atoms with Crippen LogP contribution in [0.2, 0.25) is 0 Å². The van der Waals surface area contributed by atoms with E-state index in [1.165, 1.54) is 12.1 Å². The maximum Gasteiger partial charge on any atom is 0.311 e. The number of nitrogens with one attached hydrogen (secondary N) is 1. The fourth-order valence-corrected chi connectivity index (χ4v) is 2.38. The molecule has 1 amide bonds. The van der Waals surface area contributed by atoms with Crippen molar-refractivity contribution in [2.75, 3.05) is 6.61 Å². The molecule has 1 aliphatic rings. The lowest BCUT2D eigenvalue weighted by Gasteiger charge is -2.12. The van der Waals surface area contributed by atoms with E-state index in [0.29, 0.717) is 5.75 Å². The van der Waals surface area contributed by atoms with Crippen molar-refractivity contribution in [1.29, 1.82) is 0 Å². The normalized spacial score (nSPS) is 15.7. The van der Waals surface area contributed by atoms with Crippen LogP contribution in [0, 0.1) is 10.1 Å². The lowest BCUT2D eigenvalue weighted by Crippen LogP contribution is -2.29. The summed E-state index contributed by atoms with van der Waals surface area (Å²) in [5.41, 5.74) is 0.190. The molecule has 0 radical (unpaired) electrons. The maximum atomic E-state index is 12.3. The highest BCUT2D eigenvalue weighted by atomic mass is 16.6. The Hall–Kier alpha value is -3.09. The molecule has 7 heteroatoms. The Morgan fingerprint density at radius 1 is 1.27 bits per heavy atom. The number of hydrogen-bond acceptors (Lipinski definition) is 5. The first kappa shape index (κ1) is 13.9. The largest absolute Gasteiger partial charge is 0.502 e. The van der Waals surface area contributed by atoms with Gasteiger partial charge >= 0.3 is 5.69 Å². The van der Waals surface area contributed by atoms with Crippen LogP contribution in [0.4, 0.5) is 5.69 Å². The second-order valence-electron chi connectivity index (χ2n) is 4.81. The Morgan fingerprint density at radius 2 is 2.05 bits per heavy atom. The topological polar surface area (TPSA) is 102 Å². The summed E-state index contributed by atoms with van der Waals surface area (Å²) in [6.07, 6.45) is 0. The zero-order valence-electron chi connectivity index (χ0n) is 11.4. The number of aromatic hydroxyl groups is 1. The number of nitro benzene ring substituents is 1.